The van der Waals surface area contributed by atoms with Gasteiger partial charge >= 0.3 is 5.97 Å². The van der Waals surface area contributed by atoms with Crippen molar-refractivity contribution < 1.29 is 19.6 Å². The number of benzene rings is 2. The largest absolute Gasteiger partial charge is 0.478 e. The first-order valence-electron chi connectivity index (χ1n) is 7.15. The Bertz CT molecular complexity index is 1050. The maximum absolute atomic E-state index is 12.9. The molecule has 126 valence electrons. The number of aromatic carboxylic acids is 1. The summed E-state index contributed by atoms with van der Waals surface area (Å²) in [5, 5.41) is 20.8. The van der Waals surface area contributed by atoms with Gasteiger partial charge in [-0.25, -0.2) is 4.79 Å². The van der Waals surface area contributed by atoms with Gasteiger partial charge in [0, 0.05) is 22.7 Å². The number of fused-ring (bicyclic) bond motifs is 1. The Morgan fingerprint density at radius 2 is 1.88 bits per heavy atom. The van der Waals surface area contributed by atoms with Crippen LogP contribution in [0.25, 0.3) is 10.9 Å². The third kappa shape index (κ3) is 2.64. The number of carboxylic acid groups (broad SMARTS) is 1. The van der Waals surface area contributed by atoms with E-state index in [1.807, 2.05) is 0 Å². The molecule has 0 aliphatic carbocycles. The Hall–Kier alpha value is -3.19. The molecule has 0 amide bonds. The summed E-state index contributed by atoms with van der Waals surface area (Å²) in [6.45, 7) is 1.52. The molecule has 0 radical (unpaired) electrons. The van der Waals surface area contributed by atoms with Crippen molar-refractivity contribution in [3.63, 3.8) is 0 Å². The second-order valence-electron chi connectivity index (χ2n) is 5.35. The molecule has 0 spiro atoms. The minimum absolute atomic E-state index is 0.0208. The predicted molar refractivity (Wildman–Crippen MR) is 91.5 cm³/mol. The molecule has 0 atom stereocenters. The number of hydrogen-bond acceptors (Lipinski definition) is 4. The molecule has 0 aliphatic heterocycles. The number of carbonyl (C=O) groups is 2. The molecule has 7 nitrogen and oxygen atoms in total. The Kier molecular flexibility index (Phi) is 4.02. The van der Waals surface area contributed by atoms with Crippen LogP contribution in [0.15, 0.2) is 42.5 Å². The summed E-state index contributed by atoms with van der Waals surface area (Å²) in [6, 6.07) is 10.3. The minimum atomic E-state index is -1.15. The maximum Gasteiger partial charge on any atom is 0.338 e. The first-order chi connectivity index (χ1) is 11.8. The van der Waals surface area contributed by atoms with Gasteiger partial charge in [-0.05, 0) is 25.1 Å². The number of carbonyl (C=O) groups excluding carboxylic acids is 1. The highest BCUT2D eigenvalue weighted by atomic mass is 35.5. The number of carboxylic acids is 1. The van der Waals surface area contributed by atoms with E-state index in [9.17, 15) is 24.8 Å². The van der Waals surface area contributed by atoms with Gasteiger partial charge in [0.15, 0.2) is 0 Å². The zero-order chi connectivity index (χ0) is 18.3. The predicted octanol–water partition coefficient (Wildman–Crippen LogP) is 3.90. The average molecular weight is 359 g/mol. The minimum Gasteiger partial charge on any atom is -0.478 e. The lowest BCUT2D eigenvalue weighted by atomic mass is 10.1. The second kappa shape index (κ2) is 6.03. The smallest absolute Gasteiger partial charge is 0.338 e. The van der Waals surface area contributed by atoms with E-state index < -0.39 is 16.8 Å². The van der Waals surface area contributed by atoms with Crippen molar-refractivity contribution in [2.75, 3.05) is 0 Å². The van der Waals surface area contributed by atoms with E-state index in [0.717, 1.165) is 6.07 Å². The van der Waals surface area contributed by atoms with Gasteiger partial charge < -0.3 is 5.11 Å². The highest BCUT2D eigenvalue weighted by Crippen LogP contribution is 2.29. The average Bonchev–Trinajstić information content (AvgIpc) is 2.86. The van der Waals surface area contributed by atoms with Crippen LogP contribution in [-0.4, -0.2) is 26.5 Å². The number of nitro benzene ring substituents is 1. The molecule has 1 N–H and O–H groups in total. The van der Waals surface area contributed by atoms with Crippen LogP contribution < -0.4 is 0 Å². The molecular formula is C17H11ClN2O5. The molecule has 0 aliphatic rings. The standard InChI is InChI=1S/C17H11ClN2O5/c1-9-15(17(22)23)11-4-2-3-5-13(11)19(9)16(21)10-6-7-12(18)14(8-10)20(24)25/h2-8H,1H3,(H,22,23). The van der Waals surface area contributed by atoms with Crippen molar-refractivity contribution in [3.8, 4) is 0 Å². The molecule has 0 saturated carbocycles. The number of aromatic nitrogens is 1. The highest BCUT2D eigenvalue weighted by Gasteiger charge is 2.24. The number of nitro groups is 1. The highest BCUT2D eigenvalue weighted by molar-refractivity contribution is 6.32. The molecule has 0 unspecified atom stereocenters. The Labute approximate surface area is 146 Å². The molecule has 8 heteroatoms. The molecule has 2 aromatic carbocycles. The van der Waals surface area contributed by atoms with Gasteiger partial charge in [-0.15, -0.1) is 0 Å². The molecule has 0 saturated heterocycles. The van der Waals surface area contributed by atoms with Gasteiger partial charge in [0.1, 0.15) is 5.02 Å². The fourth-order valence-electron chi connectivity index (χ4n) is 2.81. The zero-order valence-electron chi connectivity index (χ0n) is 12.9. The molecule has 0 bridgehead atoms. The molecule has 3 rings (SSSR count). The van der Waals surface area contributed by atoms with Crippen molar-refractivity contribution in [2.24, 2.45) is 0 Å². The fourth-order valence-corrected chi connectivity index (χ4v) is 3.00. The molecule has 25 heavy (non-hydrogen) atoms. The third-order valence-corrected chi connectivity index (χ3v) is 4.24. The van der Waals surface area contributed by atoms with Gasteiger partial charge in [-0.2, -0.15) is 0 Å². The van der Waals surface area contributed by atoms with Crippen LogP contribution in [0.4, 0.5) is 5.69 Å². The van der Waals surface area contributed by atoms with Gasteiger partial charge in [-0.3, -0.25) is 19.5 Å². The Morgan fingerprint density at radius 1 is 1.20 bits per heavy atom. The molecule has 1 aromatic heterocycles. The van der Waals surface area contributed by atoms with E-state index in [0.29, 0.717) is 10.9 Å². The van der Waals surface area contributed by atoms with E-state index in [2.05, 4.69) is 0 Å². The van der Waals surface area contributed by atoms with Gasteiger partial charge in [0.25, 0.3) is 11.6 Å². The van der Waals surface area contributed by atoms with E-state index >= 15 is 0 Å². The van der Waals surface area contributed by atoms with Crippen molar-refractivity contribution >= 4 is 40.1 Å². The van der Waals surface area contributed by atoms with Crippen LogP contribution in [0.5, 0.6) is 0 Å². The van der Waals surface area contributed by atoms with Crippen LogP contribution >= 0.6 is 11.6 Å². The van der Waals surface area contributed by atoms with E-state index in [1.54, 1.807) is 24.3 Å². The molecule has 1 heterocycles. The molecular weight excluding hydrogens is 348 g/mol. The third-order valence-electron chi connectivity index (χ3n) is 3.92. The van der Waals surface area contributed by atoms with E-state index in [4.69, 9.17) is 11.6 Å². The van der Waals surface area contributed by atoms with Crippen LogP contribution in [0, 0.1) is 17.0 Å². The number of hydrogen-bond donors (Lipinski definition) is 1. The van der Waals surface area contributed by atoms with Crippen molar-refractivity contribution in [3.05, 3.63) is 74.4 Å². The fraction of sp³-hybridized carbons (Fsp3) is 0.0588. The Balaban J connectivity index is 2.25. The van der Waals surface area contributed by atoms with Crippen molar-refractivity contribution in [1.29, 1.82) is 0 Å². The number of rotatable bonds is 3. The first-order valence-corrected chi connectivity index (χ1v) is 7.52. The number of halogens is 1. The normalized spacial score (nSPS) is 10.8. The monoisotopic (exact) mass is 358 g/mol. The topological polar surface area (TPSA) is 102 Å². The second-order valence-corrected chi connectivity index (χ2v) is 5.75. The van der Waals surface area contributed by atoms with Gasteiger partial charge in [-0.1, -0.05) is 29.8 Å². The van der Waals surface area contributed by atoms with Crippen molar-refractivity contribution in [1.82, 2.24) is 4.57 Å². The summed E-state index contributed by atoms with van der Waals surface area (Å²) in [6.07, 6.45) is 0. The van der Waals surface area contributed by atoms with Crippen LogP contribution in [0.2, 0.25) is 5.02 Å². The van der Waals surface area contributed by atoms with Gasteiger partial charge in [0.2, 0.25) is 0 Å². The summed E-state index contributed by atoms with van der Waals surface area (Å²) < 4.78 is 1.24. The van der Waals surface area contributed by atoms with E-state index in [1.165, 1.54) is 23.6 Å². The molecule has 3 aromatic rings. The van der Waals surface area contributed by atoms with Crippen LogP contribution in [0.1, 0.15) is 26.4 Å². The summed E-state index contributed by atoms with van der Waals surface area (Å²) in [5.41, 5.74) is 0.334. The summed E-state index contributed by atoms with van der Waals surface area (Å²) >= 11 is 5.78. The SMILES string of the molecule is Cc1c(C(=O)O)c2ccccc2n1C(=O)c1ccc(Cl)c([N+](=O)[O-])c1. The van der Waals surface area contributed by atoms with Gasteiger partial charge in [0.05, 0.1) is 16.0 Å². The lowest BCUT2D eigenvalue weighted by molar-refractivity contribution is -0.384. The summed E-state index contributed by atoms with van der Waals surface area (Å²) in [7, 11) is 0. The lowest BCUT2D eigenvalue weighted by Gasteiger charge is -2.07. The first kappa shape index (κ1) is 16.7. The van der Waals surface area contributed by atoms with Crippen LogP contribution in [0.3, 0.4) is 0 Å². The maximum atomic E-state index is 12.9. The quantitative estimate of drug-likeness (QED) is 0.565. The summed E-state index contributed by atoms with van der Waals surface area (Å²) in [4.78, 5) is 34.8. The summed E-state index contributed by atoms with van der Waals surface area (Å²) in [5.74, 6) is -1.72. The lowest BCUT2D eigenvalue weighted by Crippen LogP contribution is -2.14. The molecule has 0 fully saturated rings. The van der Waals surface area contributed by atoms with Crippen molar-refractivity contribution in [2.45, 2.75) is 6.92 Å². The van der Waals surface area contributed by atoms with E-state index in [-0.39, 0.29) is 27.5 Å². The van der Waals surface area contributed by atoms with Crippen LogP contribution in [-0.2, 0) is 0 Å². The Morgan fingerprint density at radius 3 is 2.52 bits per heavy atom. The zero-order valence-corrected chi connectivity index (χ0v) is 13.6. The number of nitrogens with zero attached hydrogens (tertiary/aromatic N) is 2. The number of para-hydroxylation sites is 1.